The number of carbonyl (C=O) groups is 1. The number of carbonyl (C=O) groups excluding carboxylic acids is 1. The van der Waals surface area contributed by atoms with Crippen molar-refractivity contribution in [1.29, 1.82) is 0 Å². The Labute approximate surface area is 134 Å². The quantitative estimate of drug-likeness (QED) is 0.919. The van der Waals surface area contributed by atoms with Gasteiger partial charge in [-0.2, -0.15) is 0 Å². The molecule has 0 spiro atoms. The minimum Gasteiger partial charge on any atom is -0.440 e. The van der Waals surface area contributed by atoms with Gasteiger partial charge in [-0.1, -0.05) is 6.07 Å². The highest BCUT2D eigenvalue weighted by atomic mass is 32.1. The SMILES string of the molecule is CNCC1CCN(C(=O)Cc2nc(-c3cccs3)oc2C)C1. The molecule has 6 heteroatoms. The molecule has 5 nitrogen and oxygen atoms in total. The summed E-state index contributed by atoms with van der Waals surface area (Å²) < 4.78 is 5.70. The van der Waals surface area contributed by atoms with Gasteiger partial charge in [0.1, 0.15) is 5.76 Å². The van der Waals surface area contributed by atoms with Crippen LogP contribution in [0.1, 0.15) is 17.9 Å². The lowest BCUT2D eigenvalue weighted by Crippen LogP contribution is -2.31. The van der Waals surface area contributed by atoms with Gasteiger partial charge in [-0.05, 0) is 44.3 Å². The van der Waals surface area contributed by atoms with Gasteiger partial charge in [-0.3, -0.25) is 4.79 Å². The molecule has 1 aliphatic rings. The first-order valence-corrected chi connectivity index (χ1v) is 8.48. The van der Waals surface area contributed by atoms with E-state index in [1.54, 1.807) is 11.3 Å². The Balaban J connectivity index is 1.65. The molecule has 1 fully saturated rings. The third kappa shape index (κ3) is 3.23. The van der Waals surface area contributed by atoms with Crippen molar-refractivity contribution >= 4 is 17.2 Å². The lowest BCUT2D eigenvalue weighted by Gasteiger charge is -2.16. The van der Waals surface area contributed by atoms with Crippen LogP contribution in [0.2, 0.25) is 0 Å². The van der Waals surface area contributed by atoms with Crippen molar-refractivity contribution < 1.29 is 9.21 Å². The molecule has 1 N–H and O–H groups in total. The second kappa shape index (κ2) is 6.62. The van der Waals surface area contributed by atoms with Crippen LogP contribution in [0.15, 0.2) is 21.9 Å². The molecular formula is C16H21N3O2S. The second-order valence-electron chi connectivity index (χ2n) is 5.73. The van der Waals surface area contributed by atoms with Gasteiger partial charge in [0, 0.05) is 13.1 Å². The highest BCUT2D eigenvalue weighted by molar-refractivity contribution is 7.13. The third-order valence-corrected chi connectivity index (χ3v) is 4.93. The van der Waals surface area contributed by atoms with E-state index in [-0.39, 0.29) is 5.91 Å². The molecule has 1 aliphatic heterocycles. The summed E-state index contributed by atoms with van der Waals surface area (Å²) in [7, 11) is 1.95. The van der Waals surface area contributed by atoms with Gasteiger partial charge >= 0.3 is 0 Å². The first kappa shape index (κ1) is 15.2. The molecule has 0 aromatic carbocycles. The predicted molar refractivity (Wildman–Crippen MR) is 86.9 cm³/mol. The van der Waals surface area contributed by atoms with Crippen molar-refractivity contribution in [2.75, 3.05) is 26.7 Å². The van der Waals surface area contributed by atoms with E-state index in [1.165, 1.54) is 0 Å². The normalized spacial score (nSPS) is 18.1. The summed E-state index contributed by atoms with van der Waals surface area (Å²) in [5.41, 5.74) is 0.755. The zero-order valence-corrected chi connectivity index (χ0v) is 13.8. The fraction of sp³-hybridized carbons (Fsp3) is 0.500. The maximum absolute atomic E-state index is 12.4. The lowest BCUT2D eigenvalue weighted by molar-refractivity contribution is -0.129. The zero-order chi connectivity index (χ0) is 15.5. The third-order valence-electron chi connectivity index (χ3n) is 4.07. The summed E-state index contributed by atoms with van der Waals surface area (Å²) in [6.07, 6.45) is 1.40. The van der Waals surface area contributed by atoms with Crippen LogP contribution in [0.5, 0.6) is 0 Å². The average molecular weight is 319 g/mol. The number of nitrogens with zero attached hydrogens (tertiary/aromatic N) is 2. The monoisotopic (exact) mass is 319 g/mol. The maximum atomic E-state index is 12.4. The number of likely N-dealkylation sites (tertiary alicyclic amines) is 1. The van der Waals surface area contributed by atoms with Gasteiger partial charge < -0.3 is 14.6 Å². The fourth-order valence-corrected chi connectivity index (χ4v) is 3.52. The molecule has 2 aromatic rings. The fourth-order valence-electron chi connectivity index (χ4n) is 2.87. The molecule has 3 rings (SSSR count). The van der Waals surface area contributed by atoms with Gasteiger partial charge in [-0.25, -0.2) is 4.98 Å². The molecule has 0 aliphatic carbocycles. The Morgan fingerprint density at radius 3 is 3.18 bits per heavy atom. The number of nitrogens with one attached hydrogen (secondary N) is 1. The summed E-state index contributed by atoms with van der Waals surface area (Å²) >= 11 is 1.59. The van der Waals surface area contributed by atoms with Gasteiger partial charge in [0.2, 0.25) is 11.8 Å². The average Bonchev–Trinajstić information content (AvgIpc) is 3.21. The Kier molecular flexibility index (Phi) is 4.59. The standard InChI is InChI=1S/C16H21N3O2S/c1-11-13(18-16(21-11)14-4-3-7-22-14)8-15(20)19-6-5-12(10-19)9-17-2/h3-4,7,12,17H,5-6,8-10H2,1-2H3. The molecule has 0 bridgehead atoms. The first-order valence-electron chi connectivity index (χ1n) is 7.60. The van der Waals surface area contributed by atoms with Gasteiger partial charge in [0.25, 0.3) is 0 Å². The molecule has 1 amide bonds. The minimum atomic E-state index is 0.146. The molecule has 2 aromatic heterocycles. The maximum Gasteiger partial charge on any atom is 0.236 e. The minimum absolute atomic E-state index is 0.146. The van der Waals surface area contributed by atoms with Crippen LogP contribution in [-0.2, 0) is 11.2 Å². The number of aryl methyl sites for hydroxylation is 1. The highest BCUT2D eigenvalue weighted by Gasteiger charge is 2.27. The van der Waals surface area contributed by atoms with E-state index in [9.17, 15) is 4.79 Å². The van der Waals surface area contributed by atoms with E-state index < -0.39 is 0 Å². The van der Waals surface area contributed by atoms with Crippen molar-refractivity contribution in [3.8, 4) is 10.8 Å². The molecule has 1 unspecified atom stereocenters. The number of aromatic nitrogens is 1. The zero-order valence-electron chi connectivity index (χ0n) is 13.0. The number of amides is 1. The molecule has 22 heavy (non-hydrogen) atoms. The van der Waals surface area contributed by atoms with Crippen LogP contribution in [0, 0.1) is 12.8 Å². The summed E-state index contributed by atoms with van der Waals surface area (Å²) in [5, 5.41) is 5.17. The number of rotatable bonds is 5. The molecule has 1 atom stereocenters. The first-order chi connectivity index (χ1) is 10.7. The summed E-state index contributed by atoms with van der Waals surface area (Å²) in [6, 6.07) is 3.95. The van der Waals surface area contributed by atoms with Crippen LogP contribution in [0.3, 0.4) is 0 Å². The van der Waals surface area contributed by atoms with E-state index in [2.05, 4.69) is 10.3 Å². The smallest absolute Gasteiger partial charge is 0.236 e. The predicted octanol–water partition coefficient (Wildman–Crippen LogP) is 2.32. The van der Waals surface area contributed by atoms with Crippen LogP contribution >= 0.6 is 11.3 Å². The van der Waals surface area contributed by atoms with E-state index in [4.69, 9.17) is 4.42 Å². The Morgan fingerprint density at radius 2 is 2.45 bits per heavy atom. The number of oxazole rings is 1. The van der Waals surface area contributed by atoms with Crippen molar-refractivity contribution in [2.45, 2.75) is 19.8 Å². The van der Waals surface area contributed by atoms with Gasteiger partial charge in [0.05, 0.1) is 17.0 Å². The topological polar surface area (TPSA) is 58.4 Å². The van der Waals surface area contributed by atoms with Crippen molar-refractivity contribution in [3.63, 3.8) is 0 Å². The van der Waals surface area contributed by atoms with Crippen LogP contribution < -0.4 is 5.32 Å². The summed E-state index contributed by atoms with van der Waals surface area (Å²) in [6.45, 7) is 4.53. The summed E-state index contributed by atoms with van der Waals surface area (Å²) in [5.74, 6) is 2.06. The highest BCUT2D eigenvalue weighted by Crippen LogP contribution is 2.26. The van der Waals surface area contributed by atoms with Gasteiger partial charge in [-0.15, -0.1) is 11.3 Å². The van der Waals surface area contributed by atoms with E-state index in [0.29, 0.717) is 18.2 Å². The molecule has 1 saturated heterocycles. The van der Waals surface area contributed by atoms with Crippen molar-refractivity contribution in [2.24, 2.45) is 5.92 Å². The van der Waals surface area contributed by atoms with Crippen molar-refractivity contribution in [3.05, 3.63) is 29.0 Å². The molecular weight excluding hydrogens is 298 g/mol. The Bertz CT molecular complexity index is 636. The molecule has 0 radical (unpaired) electrons. The van der Waals surface area contributed by atoms with Gasteiger partial charge in [0.15, 0.2) is 0 Å². The molecule has 118 valence electrons. The van der Waals surface area contributed by atoms with Crippen LogP contribution in [0.4, 0.5) is 0 Å². The summed E-state index contributed by atoms with van der Waals surface area (Å²) in [4.78, 5) is 19.9. The largest absolute Gasteiger partial charge is 0.440 e. The Hall–Kier alpha value is -1.66. The Morgan fingerprint density at radius 1 is 1.59 bits per heavy atom. The van der Waals surface area contributed by atoms with Crippen LogP contribution in [0.25, 0.3) is 10.8 Å². The number of thiophene rings is 1. The molecule has 3 heterocycles. The second-order valence-corrected chi connectivity index (χ2v) is 6.68. The van der Waals surface area contributed by atoms with Crippen molar-refractivity contribution in [1.82, 2.24) is 15.2 Å². The van der Waals surface area contributed by atoms with E-state index in [1.807, 2.05) is 36.4 Å². The van der Waals surface area contributed by atoms with E-state index in [0.717, 1.165) is 42.4 Å². The van der Waals surface area contributed by atoms with Crippen LogP contribution in [-0.4, -0.2) is 42.5 Å². The van der Waals surface area contributed by atoms with E-state index >= 15 is 0 Å². The lowest BCUT2D eigenvalue weighted by atomic mass is 10.1. The number of hydrogen-bond donors (Lipinski definition) is 1. The molecule has 0 saturated carbocycles. The number of hydrogen-bond acceptors (Lipinski definition) is 5.